The first-order valence-electron chi connectivity index (χ1n) is 7.36. The molecular weight excluding hydrogens is 276 g/mol. The van der Waals surface area contributed by atoms with E-state index in [1.54, 1.807) is 18.7 Å². The van der Waals surface area contributed by atoms with Gasteiger partial charge in [0.05, 0.1) is 13.5 Å². The number of amides is 1. The van der Waals surface area contributed by atoms with Crippen LogP contribution in [0.4, 0.5) is 4.79 Å². The number of carbonyl (C=O) groups excluding carboxylic acids is 1. The van der Waals surface area contributed by atoms with Crippen molar-refractivity contribution in [1.82, 2.24) is 9.55 Å². The molecule has 5 heteroatoms. The second kappa shape index (κ2) is 5.69. The van der Waals surface area contributed by atoms with Gasteiger partial charge in [0, 0.05) is 12.4 Å². The fraction of sp³-hybridized carbons (Fsp3) is 0.235. The zero-order chi connectivity index (χ0) is 15.6. The molecule has 1 aromatic heterocycles. The maximum absolute atomic E-state index is 12.9. The van der Waals surface area contributed by atoms with Gasteiger partial charge in [-0.3, -0.25) is 0 Å². The Morgan fingerprint density at radius 2 is 2.05 bits per heavy atom. The third kappa shape index (κ3) is 2.40. The molecule has 22 heavy (non-hydrogen) atoms. The lowest BCUT2D eigenvalue weighted by Crippen LogP contribution is -2.48. The molecule has 1 unspecified atom stereocenters. The van der Waals surface area contributed by atoms with Crippen LogP contribution in [0, 0.1) is 0 Å². The Labute approximate surface area is 129 Å². The molecule has 0 fully saturated rings. The van der Waals surface area contributed by atoms with Crippen molar-refractivity contribution in [2.24, 2.45) is 4.99 Å². The Hall–Kier alpha value is -2.53. The maximum Gasteiger partial charge on any atom is 0.439 e. The highest BCUT2D eigenvalue weighted by molar-refractivity contribution is 5.80. The van der Waals surface area contributed by atoms with E-state index in [0.717, 1.165) is 17.8 Å². The number of hydrogen-bond donors (Lipinski definition) is 0. The molecule has 1 aliphatic rings. The van der Waals surface area contributed by atoms with E-state index in [4.69, 9.17) is 0 Å². The maximum atomic E-state index is 12.9. The third-order valence-electron chi connectivity index (χ3n) is 4.01. The molecule has 1 aromatic carbocycles. The van der Waals surface area contributed by atoms with Crippen LogP contribution in [0.2, 0.25) is 0 Å². The summed E-state index contributed by atoms with van der Waals surface area (Å²) in [5.74, 6) is 0. The first-order valence-corrected chi connectivity index (χ1v) is 7.36. The van der Waals surface area contributed by atoms with Gasteiger partial charge >= 0.3 is 6.03 Å². The van der Waals surface area contributed by atoms with E-state index in [0.29, 0.717) is 6.42 Å². The molecule has 3 rings (SSSR count). The lowest BCUT2D eigenvalue weighted by atomic mass is 10.1. The van der Waals surface area contributed by atoms with Crippen LogP contribution in [0.3, 0.4) is 0 Å². The van der Waals surface area contributed by atoms with Crippen LogP contribution in [0.1, 0.15) is 18.9 Å². The monoisotopic (exact) mass is 295 g/mol. The van der Waals surface area contributed by atoms with Crippen LogP contribution in [0.5, 0.6) is 0 Å². The number of benzene rings is 1. The van der Waals surface area contributed by atoms with Gasteiger partial charge in [-0.2, -0.15) is 4.48 Å². The topological polar surface area (TPSA) is 47.2 Å². The zero-order valence-corrected chi connectivity index (χ0v) is 12.8. The third-order valence-corrected chi connectivity index (χ3v) is 4.01. The van der Waals surface area contributed by atoms with Crippen LogP contribution in [-0.2, 0) is 6.42 Å². The van der Waals surface area contributed by atoms with Gasteiger partial charge in [0.2, 0.25) is 6.34 Å². The van der Waals surface area contributed by atoms with Crippen LogP contribution in [0.25, 0.3) is 0 Å². The Kier molecular flexibility index (Phi) is 3.73. The van der Waals surface area contributed by atoms with Gasteiger partial charge in [-0.05, 0) is 12.0 Å². The highest BCUT2D eigenvalue weighted by atomic mass is 16.2. The fourth-order valence-electron chi connectivity index (χ4n) is 2.73. The number of aliphatic imine (C=N–C) groups is 1. The quantitative estimate of drug-likeness (QED) is 0.816. The molecule has 2 aromatic rings. The summed E-state index contributed by atoms with van der Waals surface area (Å²) in [6.07, 6.45) is 8.05. The molecule has 0 aliphatic carbocycles. The summed E-state index contributed by atoms with van der Waals surface area (Å²) >= 11 is 0. The van der Waals surface area contributed by atoms with Crippen molar-refractivity contribution in [3.8, 4) is 0 Å². The van der Waals surface area contributed by atoms with Gasteiger partial charge in [0.25, 0.3) is 0 Å². The largest absolute Gasteiger partial charge is 0.439 e. The SMILES string of the molecule is CCC1=C(Cc2ccccc2)[N+](C)(C(=O)n2ccnc2)C=N1. The number of imidazole rings is 1. The van der Waals surface area contributed by atoms with Crippen molar-refractivity contribution in [2.75, 3.05) is 7.05 Å². The molecule has 5 nitrogen and oxygen atoms in total. The van der Waals surface area contributed by atoms with Gasteiger partial charge in [0.15, 0.2) is 0 Å². The summed E-state index contributed by atoms with van der Waals surface area (Å²) in [5.41, 5.74) is 3.18. The summed E-state index contributed by atoms with van der Waals surface area (Å²) in [6, 6.07) is 10.1. The number of hydrogen-bond acceptors (Lipinski definition) is 3. The highest BCUT2D eigenvalue weighted by Gasteiger charge is 2.42. The summed E-state index contributed by atoms with van der Waals surface area (Å²) in [6.45, 7) is 2.06. The second-order valence-electron chi connectivity index (χ2n) is 5.48. The lowest BCUT2D eigenvalue weighted by Gasteiger charge is -2.25. The number of aromatic nitrogens is 2. The van der Waals surface area contributed by atoms with Crippen LogP contribution in [0.15, 0.2) is 65.4 Å². The number of rotatable bonds is 3. The molecule has 112 valence electrons. The summed E-state index contributed by atoms with van der Waals surface area (Å²) in [4.78, 5) is 21.3. The first-order chi connectivity index (χ1) is 10.6. The van der Waals surface area contributed by atoms with Crippen molar-refractivity contribution in [3.63, 3.8) is 0 Å². The van der Waals surface area contributed by atoms with E-state index in [2.05, 4.69) is 29.0 Å². The average molecular weight is 295 g/mol. The molecule has 0 radical (unpaired) electrons. The Morgan fingerprint density at radius 1 is 1.27 bits per heavy atom. The summed E-state index contributed by atoms with van der Waals surface area (Å²) in [7, 11) is 1.88. The average Bonchev–Trinajstić information content (AvgIpc) is 3.18. The highest BCUT2D eigenvalue weighted by Crippen LogP contribution is 2.30. The Bertz CT molecular complexity index is 731. The number of nitrogens with zero attached hydrogens (tertiary/aromatic N) is 4. The molecule has 1 amide bonds. The fourth-order valence-corrected chi connectivity index (χ4v) is 2.73. The van der Waals surface area contributed by atoms with Gasteiger partial charge in [0.1, 0.15) is 17.7 Å². The number of quaternary nitrogens is 1. The minimum Gasteiger partial charge on any atom is -0.245 e. The van der Waals surface area contributed by atoms with Gasteiger partial charge in [-0.25, -0.2) is 19.3 Å². The van der Waals surface area contributed by atoms with Crippen molar-refractivity contribution in [1.29, 1.82) is 0 Å². The Balaban J connectivity index is 1.98. The molecular formula is C17H19N4O+. The van der Waals surface area contributed by atoms with E-state index in [1.807, 2.05) is 25.2 Å². The molecule has 0 N–H and O–H groups in total. The number of allylic oxidation sites excluding steroid dienone is 2. The van der Waals surface area contributed by atoms with E-state index < -0.39 is 0 Å². The minimum absolute atomic E-state index is 0.0639. The summed E-state index contributed by atoms with van der Waals surface area (Å²) in [5, 5.41) is 0. The van der Waals surface area contributed by atoms with E-state index >= 15 is 0 Å². The molecule has 1 aliphatic heterocycles. The van der Waals surface area contributed by atoms with Gasteiger partial charge in [-0.1, -0.05) is 37.3 Å². The predicted molar refractivity (Wildman–Crippen MR) is 85.2 cm³/mol. The predicted octanol–water partition coefficient (Wildman–Crippen LogP) is 3.20. The molecule has 2 heterocycles. The number of carbonyl (C=O) groups is 1. The van der Waals surface area contributed by atoms with Crippen molar-refractivity contribution in [3.05, 3.63) is 66.0 Å². The van der Waals surface area contributed by atoms with E-state index in [-0.39, 0.29) is 10.5 Å². The van der Waals surface area contributed by atoms with Crippen LogP contribution >= 0.6 is 0 Å². The molecule has 0 spiro atoms. The smallest absolute Gasteiger partial charge is 0.245 e. The van der Waals surface area contributed by atoms with Crippen LogP contribution < -0.4 is 0 Å². The summed E-state index contributed by atoms with van der Waals surface area (Å²) < 4.78 is 1.57. The molecule has 1 atom stereocenters. The first kappa shape index (κ1) is 14.4. The molecule has 0 saturated carbocycles. The van der Waals surface area contributed by atoms with Crippen molar-refractivity contribution in [2.45, 2.75) is 19.8 Å². The Morgan fingerprint density at radius 3 is 2.68 bits per heavy atom. The lowest BCUT2D eigenvalue weighted by molar-refractivity contribution is -0.683. The zero-order valence-electron chi connectivity index (χ0n) is 12.8. The number of likely N-dealkylation sites (N-methyl/N-ethyl adjacent to an activating group) is 1. The van der Waals surface area contributed by atoms with Crippen molar-refractivity contribution >= 4 is 12.4 Å². The van der Waals surface area contributed by atoms with Gasteiger partial charge in [-0.15, -0.1) is 0 Å². The molecule has 0 saturated heterocycles. The minimum atomic E-state index is -0.0735. The van der Waals surface area contributed by atoms with Crippen molar-refractivity contribution < 1.29 is 9.28 Å². The second-order valence-corrected chi connectivity index (χ2v) is 5.48. The molecule has 0 bridgehead atoms. The standard InChI is InChI=1S/C17H19N4O/c1-3-15-16(11-14-7-5-4-6-8-14)21(2,13-19-15)17(22)20-10-9-18-12-20/h4-10,12-13H,3,11H2,1-2H3/q+1. The van der Waals surface area contributed by atoms with E-state index in [9.17, 15) is 4.79 Å². The van der Waals surface area contributed by atoms with Gasteiger partial charge < -0.3 is 0 Å². The normalized spacial score (nSPS) is 20.6. The van der Waals surface area contributed by atoms with E-state index in [1.165, 1.54) is 16.5 Å². The van der Waals surface area contributed by atoms with Crippen LogP contribution in [-0.4, -0.2) is 33.5 Å².